The van der Waals surface area contributed by atoms with Gasteiger partial charge in [0.2, 0.25) is 5.91 Å². The standard InChI is InChI=1S/C9H15NO3/c1-3-8(11)13-6-4-5-7(2)9(10)12/h3,7H,1,4-6H2,2H3,(H2,10,12). The molecule has 0 spiro atoms. The van der Waals surface area contributed by atoms with Gasteiger partial charge in [-0.15, -0.1) is 0 Å². The Hall–Kier alpha value is -1.32. The summed E-state index contributed by atoms with van der Waals surface area (Å²) < 4.78 is 4.71. The first-order chi connectivity index (χ1) is 6.07. The summed E-state index contributed by atoms with van der Waals surface area (Å²) in [5.74, 6) is -0.927. The van der Waals surface area contributed by atoms with Gasteiger partial charge in [0.05, 0.1) is 6.61 Å². The Kier molecular flexibility index (Phi) is 5.59. The third-order valence-corrected chi connectivity index (χ3v) is 1.68. The maximum absolute atomic E-state index is 10.6. The second-order valence-electron chi connectivity index (χ2n) is 2.82. The molecule has 0 bridgehead atoms. The fourth-order valence-corrected chi connectivity index (χ4v) is 0.763. The number of carbonyl (C=O) groups is 2. The van der Waals surface area contributed by atoms with Crippen LogP contribution < -0.4 is 5.73 Å². The number of primary amides is 1. The van der Waals surface area contributed by atoms with E-state index in [1.165, 1.54) is 0 Å². The van der Waals surface area contributed by atoms with Crippen molar-refractivity contribution in [1.82, 2.24) is 0 Å². The molecule has 4 nitrogen and oxygen atoms in total. The van der Waals surface area contributed by atoms with Gasteiger partial charge in [0.1, 0.15) is 0 Å². The maximum atomic E-state index is 10.6. The lowest BCUT2D eigenvalue weighted by Gasteiger charge is -2.06. The van der Waals surface area contributed by atoms with Crippen molar-refractivity contribution < 1.29 is 14.3 Å². The molecule has 1 unspecified atom stereocenters. The summed E-state index contributed by atoms with van der Waals surface area (Å²) in [6, 6.07) is 0. The van der Waals surface area contributed by atoms with Crippen LogP contribution in [0.4, 0.5) is 0 Å². The largest absolute Gasteiger partial charge is 0.463 e. The lowest BCUT2D eigenvalue weighted by Crippen LogP contribution is -2.20. The summed E-state index contributed by atoms with van der Waals surface area (Å²) in [7, 11) is 0. The van der Waals surface area contributed by atoms with E-state index in [4.69, 9.17) is 10.5 Å². The first-order valence-electron chi connectivity index (χ1n) is 4.16. The molecular weight excluding hydrogens is 170 g/mol. The van der Waals surface area contributed by atoms with Gasteiger partial charge in [0.25, 0.3) is 0 Å². The highest BCUT2D eigenvalue weighted by Gasteiger charge is 2.07. The van der Waals surface area contributed by atoms with Crippen molar-refractivity contribution in [2.75, 3.05) is 6.61 Å². The van der Waals surface area contributed by atoms with Crippen molar-refractivity contribution in [2.24, 2.45) is 11.7 Å². The van der Waals surface area contributed by atoms with Crippen molar-refractivity contribution in [3.05, 3.63) is 12.7 Å². The molecule has 0 aromatic heterocycles. The average Bonchev–Trinajstić information content (AvgIpc) is 2.11. The molecule has 1 amide bonds. The predicted molar refractivity (Wildman–Crippen MR) is 48.7 cm³/mol. The van der Waals surface area contributed by atoms with Crippen LogP contribution in [-0.4, -0.2) is 18.5 Å². The quantitative estimate of drug-likeness (QED) is 0.374. The molecule has 74 valence electrons. The number of rotatable bonds is 6. The highest BCUT2D eigenvalue weighted by atomic mass is 16.5. The number of hydrogen-bond acceptors (Lipinski definition) is 3. The lowest BCUT2D eigenvalue weighted by atomic mass is 10.1. The Balaban J connectivity index is 3.40. The van der Waals surface area contributed by atoms with Crippen molar-refractivity contribution in [1.29, 1.82) is 0 Å². The Labute approximate surface area is 77.7 Å². The van der Waals surface area contributed by atoms with Crippen molar-refractivity contribution in [3.8, 4) is 0 Å². The second-order valence-corrected chi connectivity index (χ2v) is 2.82. The van der Waals surface area contributed by atoms with Gasteiger partial charge in [-0.3, -0.25) is 4.79 Å². The summed E-state index contributed by atoms with van der Waals surface area (Å²) in [5, 5.41) is 0. The topological polar surface area (TPSA) is 69.4 Å². The summed E-state index contributed by atoms with van der Waals surface area (Å²) in [6.07, 6.45) is 2.39. The molecule has 0 aliphatic rings. The molecule has 0 rings (SSSR count). The highest BCUT2D eigenvalue weighted by molar-refractivity contribution is 5.81. The highest BCUT2D eigenvalue weighted by Crippen LogP contribution is 2.04. The Bertz CT molecular complexity index is 201. The van der Waals surface area contributed by atoms with Gasteiger partial charge in [-0.05, 0) is 12.8 Å². The smallest absolute Gasteiger partial charge is 0.330 e. The number of hydrogen-bond donors (Lipinski definition) is 1. The molecular formula is C9H15NO3. The van der Waals surface area contributed by atoms with Crippen LogP contribution in [0.1, 0.15) is 19.8 Å². The number of ether oxygens (including phenoxy) is 1. The van der Waals surface area contributed by atoms with E-state index in [9.17, 15) is 9.59 Å². The molecule has 4 heteroatoms. The fourth-order valence-electron chi connectivity index (χ4n) is 0.763. The van der Waals surface area contributed by atoms with E-state index in [0.29, 0.717) is 19.4 Å². The number of nitrogens with two attached hydrogens (primary N) is 1. The normalized spacial score (nSPS) is 11.8. The second kappa shape index (κ2) is 6.22. The van der Waals surface area contributed by atoms with Crippen molar-refractivity contribution >= 4 is 11.9 Å². The molecule has 0 heterocycles. The summed E-state index contributed by atoms with van der Waals surface area (Å²) >= 11 is 0. The summed E-state index contributed by atoms with van der Waals surface area (Å²) in [6.45, 7) is 5.31. The fraction of sp³-hybridized carbons (Fsp3) is 0.556. The van der Waals surface area contributed by atoms with Crippen LogP contribution in [-0.2, 0) is 14.3 Å². The van der Waals surface area contributed by atoms with E-state index < -0.39 is 5.97 Å². The lowest BCUT2D eigenvalue weighted by molar-refractivity contribution is -0.137. The van der Waals surface area contributed by atoms with Gasteiger partial charge in [-0.1, -0.05) is 13.5 Å². The van der Waals surface area contributed by atoms with Crippen LogP contribution in [0.5, 0.6) is 0 Å². The summed E-state index contributed by atoms with van der Waals surface area (Å²) in [5.41, 5.74) is 5.04. The average molecular weight is 185 g/mol. The van der Waals surface area contributed by atoms with Crippen LogP contribution >= 0.6 is 0 Å². The van der Waals surface area contributed by atoms with E-state index in [-0.39, 0.29) is 11.8 Å². The third kappa shape index (κ3) is 5.90. The van der Waals surface area contributed by atoms with Gasteiger partial charge in [0, 0.05) is 12.0 Å². The molecule has 0 aromatic rings. The zero-order chi connectivity index (χ0) is 10.3. The van der Waals surface area contributed by atoms with Gasteiger partial charge in [-0.25, -0.2) is 4.79 Å². The van der Waals surface area contributed by atoms with Gasteiger partial charge >= 0.3 is 5.97 Å². The van der Waals surface area contributed by atoms with Crippen molar-refractivity contribution in [2.45, 2.75) is 19.8 Å². The van der Waals surface area contributed by atoms with E-state index in [1.807, 2.05) is 0 Å². The van der Waals surface area contributed by atoms with Crippen LogP contribution in [0.15, 0.2) is 12.7 Å². The van der Waals surface area contributed by atoms with Crippen LogP contribution in [0, 0.1) is 5.92 Å². The molecule has 2 N–H and O–H groups in total. The van der Waals surface area contributed by atoms with Crippen LogP contribution in [0.3, 0.4) is 0 Å². The molecule has 0 saturated carbocycles. The van der Waals surface area contributed by atoms with Crippen LogP contribution in [0.2, 0.25) is 0 Å². The Morgan fingerprint density at radius 2 is 2.23 bits per heavy atom. The van der Waals surface area contributed by atoms with Gasteiger partial charge in [0.15, 0.2) is 0 Å². The minimum Gasteiger partial charge on any atom is -0.463 e. The number of esters is 1. The summed E-state index contributed by atoms with van der Waals surface area (Å²) in [4.78, 5) is 21.1. The molecule has 1 atom stereocenters. The Morgan fingerprint density at radius 3 is 2.69 bits per heavy atom. The molecule has 0 aliphatic carbocycles. The predicted octanol–water partition coefficient (Wildman–Crippen LogP) is 0.617. The van der Waals surface area contributed by atoms with Crippen molar-refractivity contribution in [3.63, 3.8) is 0 Å². The minimum absolute atomic E-state index is 0.164. The molecule has 0 aliphatic heterocycles. The number of carbonyl (C=O) groups excluding carboxylic acids is 2. The molecule has 0 aromatic carbocycles. The first-order valence-corrected chi connectivity index (χ1v) is 4.16. The first kappa shape index (κ1) is 11.7. The van der Waals surface area contributed by atoms with Crippen LogP contribution in [0.25, 0.3) is 0 Å². The molecule has 13 heavy (non-hydrogen) atoms. The number of amides is 1. The van der Waals surface area contributed by atoms with E-state index in [1.54, 1.807) is 6.92 Å². The van der Waals surface area contributed by atoms with E-state index in [0.717, 1.165) is 6.08 Å². The Morgan fingerprint density at radius 1 is 1.62 bits per heavy atom. The monoisotopic (exact) mass is 185 g/mol. The van der Waals surface area contributed by atoms with Gasteiger partial charge in [-0.2, -0.15) is 0 Å². The van der Waals surface area contributed by atoms with Gasteiger partial charge < -0.3 is 10.5 Å². The zero-order valence-corrected chi connectivity index (χ0v) is 7.79. The van der Waals surface area contributed by atoms with E-state index in [2.05, 4.69) is 6.58 Å². The molecule has 0 radical (unpaired) electrons. The molecule has 0 saturated heterocycles. The molecule has 0 fully saturated rings. The maximum Gasteiger partial charge on any atom is 0.330 e. The minimum atomic E-state index is -0.438. The third-order valence-electron chi connectivity index (χ3n) is 1.68. The zero-order valence-electron chi connectivity index (χ0n) is 7.79. The van der Waals surface area contributed by atoms with E-state index >= 15 is 0 Å². The SMILES string of the molecule is C=CC(=O)OCCCC(C)C(N)=O.